The highest BCUT2D eigenvalue weighted by atomic mass is 32.1. The molecule has 0 saturated heterocycles. The molecular formula is C16H31N3S. The van der Waals surface area contributed by atoms with Crippen LogP contribution in [0, 0.1) is 0 Å². The van der Waals surface area contributed by atoms with E-state index in [0.717, 1.165) is 6.54 Å². The molecule has 1 unspecified atom stereocenters. The second kappa shape index (κ2) is 12.3. The van der Waals surface area contributed by atoms with Crippen molar-refractivity contribution >= 4 is 11.5 Å². The maximum Gasteiger partial charge on any atom is 0.0669 e. The predicted octanol–water partition coefficient (Wildman–Crippen LogP) is 5.11. The molecule has 1 atom stereocenters. The van der Waals surface area contributed by atoms with Crippen LogP contribution in [0.5, 0.6) is 0 Å². The summed E-state index contributed by atoms with van der Waals surface area (Å²) in [7, 11) is 0. The van der Waals surface area contributed by atoms with E-state index < -0.39 is 0 Å². The van der Waals surface area contributed by atoms with Gasteiger partial charge in [0.25, 0.3) is 0 Å². The molecule has 20 heavy (non-hydrogen) atoms. The maximum atomic E-state index is 3.99. The Balaban J connectivity index is 2.10. The molecule has 116 valence electrons. The molecule has 0 fully saturated rings. The van der Waals surface area contributed by atoms with Gasteiger partial charge in [0.15, 0.2) is 0 Å². The highest BCUT2D eigenvalue weighted by Gasteiger charge is 2.12. The van der Waals surface area contributed by atoms with Gasteiger partial charge in [0, 0.05) is 6.04 Å². The monoisotopic (exact) mass is 297 g/mol. The fourth-order valence-electron chi connectivity index (χ4n) is 2.47. The molecule has 0 radical (unpaired) electrons. The first-order chi connectivity index (χ1) is 9.88. The number of aromatic nitrogens is 2. The molecule has 0 saturated carbocycles. The SMILES string of the molecule is CCCCCCCCCCC(NCCC)c1cnns1. The molecule has 4 heteroatoms. The summed E-state index contributed by atoms with van der Waals surface area (Å²) in [5, 5.41) is 7.59. The molecule has 3 nitrogen and oxygen atoms in total. The Bertz CT molecular complexity index is 301. The summed E-state index contributed by atoms with van der Waals surface area (Å²) in [6.07, 6.45) is 15.4. The number of rotatable bonds is 13. The molecule has 0 bridgehead atoms. The molecule has 0 aromatic carbocycles. The fraction of sp³-hybridized carbons (Fsp3) is 0.875. The van der Waals surface area contributed by atoms with Crippen LogP contribution in [-0.4, -0.2) is 16.1 Å². The molecule has 1 aromatic rings. The van der Waals surface area contributed by atoms with Crippen LogP contribution in [-0.2, 0) is 0 Å². The van der Waals surface area contributed by atoms with E-state index in [4.69, 9.17) is 0 Å². The van der Waals surface area contributed by atoms with E-state index in [1.165, 1.54) is 80.6 Å². The third-order valence-corrected chi connectivity index (χ3v) is 4.49. The van der Waals surface area contributed by atoms with Crippen molar-refractivity contribution in [3.05, 3.63) is 11.1 Å². The smallest absolute Gasteiger partial charge is 0.0669 e. The number of nitrogens with zero attached hydrogens (tertiary/aromatic N) is 2. The van der Waals surface area contributed by atoms with Crippen molar-refractivity contribution in [2.75, 3.05) is 6.54 Å². The van der Waals surface area contributed by atoms with Crippen LogP contribution in [0.25, 0.3) is 0 Å². The zero-order valence-electron chi connectivity index (χ0n) is 13.2. The molecule has 1 heterocycles. The van der Waals surface area contributed by atoms with Gasteiger partial charge < -0.3 is 5.32 Å². The van der Waals surface area contributed by atoms with Crippen LogP contribution in [0.3, 0.4) is 0 Å². The molecule has 0 spiro atoms. The summed E-state index contributed by atoms with van der Waals surface area (Å²) in [6, 6.07) is 0.468. The van der Waals surface area contributed by atoms with Crippen LogP contribution in [0.1, 0.15) is 89.0 Å². The lowest BCUT2D eigenvalue weighted by atomic mass is 10.0. The van der Waals surface area contributed by atoms with Gasteiger partial charge >= 0.3 is 0 Å². The van der Waals surface area contributed by atoms with Gasteiger partial charge in [-0.05, 0) is 30.9 Å². The zero-order chi connectivity index (χ0) is 14.5. The molecule has 0 amide bonds. The fourth-order valence-corrected chi connectivity index (χ4v) is 3.09. The Morgan fingerprint density at radius 2 is 1.70 bits per heavy atom. The van der Waals surface area contributed by atoms with Crippen molar-refractivity contribution in [3.8, 4) is 0 Å². The van der Waals surface area contributed by atoms with Crippen LogP contribution < -0.4 is 5.32 Å². The lowest BCUT2D eigenvalue weighted by Crippen LogP contribution is -2.21. The van der Waals surface area contributed by atoms with Gasteiger partial charge in [-0.3, -0.25) is 0 Å². The van der Waals surface area contributed by atoms with Crippen LogP contribution >= 0.6 is 11.5 Å². The van der Waals surface area contributed by atoms with E-state index in [1.54, 1.807) is 0 Å². The summed E-state index contributed by atoms with van der Waals surface area (Å²) < 4.78 is 3.99. The average molecular weight is 298 g/mol. The van der Waals surface area contributed by atoms with E-state index in [2.05, 4.69) is 28.8 Å². The highest BCUT2D eigenvalue weighted by Crippen LogP contribution is 2.22. The highest BCUT2D eigenvalue weighted by molar-refractivity contribution is 7.05. The third-order valence-electron chi connectivity index (χ3n) is 3.71. The molecular weight excluding hydrogens is 266 g/mol. The van der Waals surface area contributed by atoms with Gasteiger partial charge in [-0.25, -0.2) is 0 Å². The molecule has 0 aliphatic heterocycles. The predicted molar refractivity (Wildman–Crippen MR) is 88.2 cm³/mol. The van der Waals surface area contributed by atoms with Crippen LogP contribution in [0.4, 0.5) is 0 Å². The Morgan fingerprint density at radius 3 is 2.30 bits per heavy atom. The van der Waals surface area contributed by atoms with Crippen molar-refractivity contribution in [1.82, 2.24) is 14.9 Å². The Kier molecular flexibility index (Phi) is 10.8. The number of unbranched alkanes of at least 4 members (excludes halogenated alkanes) is 7. The summed E-state index contributed by atoms with van der Waals surface area (Å²) >= 11 is 1.54. The lowest BCUT2D eigenvalue weighted by Gasteiger charge is -2.16. The summed E-state index contributed by atoms with van der Waals surface area (Å²) in [4.78, 5) is 1.29. The Morgan fingerprint density at radius 1 is 1.00 bits per heavy atom. The Hall–Kier alpha value is -0.480. The summed E-state index contributed by atoms with van der Waals surface area (Å²) in [5.41, 5.74) is 0. The van der Waals surface area contributed by atoms with Gasteiger partial charge in [-0.15, -0.1) is 5.10 Å². The number of nitrogens with one attached hydrogen (secondary N) is 1. The quantitative estimate of drug-likeness (QED) is 0.514. The van der Waals surface area contributed by atoms with Crippen molar-refractivity contribution in [2.24, 2.45) is 0 Å². The number of hydrogen-bond acceptors (Lipinski definition) is 4. The van der Waals surface area contributed by atoms with Crippen molar-refractivity contribution < 1.29 is 0 Å². The second-order valence-electron chi connectivity index (χ2n) is 5.59. The van der Waals surface area contributed by atoms with Gasteiger partial charge in [0.2, 0.25) is 0 Å². The van der Waals surface area contributed by atoms with E-state index in [9.17, 15) is 0 Å². The molecule has 1 N–H and O–H groups in total. The van der Waals surface area contributed by atoms with Gasteiger partial charge in [-0.1, -0.05) is 69.7 Å². The van der Waals surface area contributed by atoms with Gasteiger partial charge in [-0.2, -0.15) is 0 Å². The molecule has 1 rings (SSSR count). The van der Waals surface area contributed by atoms with E-state index in [0.29, 0.717) is 6.04 Å². The van der Waals surface area contributed by atoms with E-state index in [1.807, 2.05) is 6.20 Å². The first-order valence-electron chi connectivity index (χ1n) is 8.39. The number of hydrogen-bond donors (Lipinski definition) is 1. The molecule has 1 aromatic heterocycles. The van der Waals surface area contributed by atoms with Gasteiger partial charge in [0.05, 0.1) is 11.1 Å². The van der Waals surface area contributed by atoms with Crippen LogP contribution in [0.15, 0.2) is 6.20 Å². The van der Waals surface area contributed by atoms with Crippen molar-refractivity contribution in [3.63, 3.8) is 0 Å². The van der Waals surface area contributed by atoms with Crippen molar-refractivity contribution in [1.29, 1.82) is 0 Å². The standard InChI is InChI=1S/C16H31N3S/c1-3-5-6-7-8-9-10-11-12-15(17-13-4-2)16-14-18-19-20-16/h14-15,17H,3-13H2,1-2H3. The van der Waals surface area contributed by atoms with Crippen LogP contribution in [0.2, 0.25) is 0 Å². The largest absolute Gasteiger partial charge is 0.309 e. The summed E-state index contributed by atoms with van der Waals surface area (Å²) in [6.45, 7) is 5.57. The molecule has 0 aliphatic rings. The minimum atomic E-state index is 0.468. The normalized spacial score (nSPS) is 12.7. The topological polar surface area (TPSA) is 37.8 Å². The molecule has 0 aliphatic carbocycles. The maximum absolute atomic E-state index is 3.99. The second-order valence-corrected chi connectivity index (χ2v) is 6.41. The van der Waals surface area contributed by atoms with E-state index in [-0.39, 0.29) is 0 Å². The third kappa shape index (κ3) is 7.95. The minimum absolute atomic E-state index is 0.468. The van der Waals surface area contributed by atoms with Gasteiger partial charge in [0.1, 0.15) is 0 Å². The first-order valence-corrected chi connectivity index (χ1v) is 9.16. The lowest BCUT2D eigenvalue weighted by molar-refractivity contribution is 0.469. The first kappa shape index (κ1) is 17.6. The minimum Gasteiger partial charge on any atom is -0.309 e. The van der Waals surface area contributed by atoms with Crippen molar-refractivity contribution in [2.45, 2.75) is 84.1 Å². The average Bonchev–Trinajstić information content (AvgIpc) is 2.99. The summed E-state index contributed by atoms with van der Waals surface area (Å²) in [5.74, 6) is 0. The van der Waals surface area contributed by atoms with E-state index >= 15 is 0 Å². The Labute approximate surface area is 128 Å². The zero-order valence-corrected chi connectivity index (χ0v) is 14.1.